The first kappa shape index (κ1) is 12.4. The Hall–Kier alpha value is -1.66. The molecule has 2 N–H and O–H groups in total. The molecule has 1 atom stereocenters. The first-order chi connectivity index (χ1) is 7.47. The number of carbonyl (C=O) groups is 1. The zero-order valence-corrected chi connectivity index (χ0v) is 9.38. The highest BCUT2D eigenvalue weighted by atomic mass is 19.1. The molecule has 0 fully saturated rings. The summed E-state index contributed by atoms with van der Waals surface area (Å²) < 4.78 is 13.6. The zero-order valence-electron chi connectivity index (χ0n) is 9.38. The number of rotatable bonds is 3. The van der Waals surface area contributed by atoms with Gasteiger partial charge in [-0.05, 0) is 31.0 Å². The van der Waals surface area contributed by atoms with Crippen LogP contribution in [0.2, 0.25) is 0 Å². The maximum Gasteiger partial charge on any atom is 0.183 e. The number of nitrogens with two attached hydrogens (primary N) is 1. The van der Waals surface area contributed by atoms with Crippen LogP contribution in [-0.2, 0) is 0 Å². The third kappa shape index (κ3) is 2.47. The second kappa shape index (κ2) is 4.91. The lowest BCUT2D eigenvalue weighted by atomic mass is 9.96. The van der Waals surface area contributed by atoms with E-state index >= 15 is 0 Å². The summed E-state index contributed by atoms with van der Waals surface area (Å²) in [6.07, 6.45) is 5.19. The summed E-state index contributed by atoms with van der Waals surface area (Å²) in [6.45, 7) is 3.46. The predicted octanol–water partition coefficient (Wildman–Crippen LogP) is 1.98. The average molecular weight is 219 g/mol. The molecule has 0 spiro atoms. The molecule has 84 valence electrons. The number of aryl methyl sites for hydroxylation is 2. The Kier molecular flexibility index (Phi) is 3.81. The quantitative estimate of drug-likeness (QED) is 0.624. The van der Waals surface area contributed by atoms with Crippen molar-refractivity contribution < 1.29 is 9.18 Å². The number of Topliss-reactive ketones (excluding diaryl/α,β-unsaturated/α-hetero) is 1. The Balaban J connectivity index is 3.15. The number of hydrogen-bond donors (Lipinski definition) is 1. The summed E-state index contributed by atoms with van der Waals surface area (Å²) in [7, 11) is 0. The maximum absolute atomic E-state index is 13.6. The second-order valence-electron chi connectivity index (χ2n) is 3.82. The lowest BCUT2D eigenvalue weighted by Gasteiger charge is -2.11. The number of ketones is 1. The minimum atomic E-state index is -0.832. The SMILES string of the molecule is C#CCC(N)C(=O)c1c(C)cc(C)cc1F. The van der Waals surface area contributed by atoms with Crippen LogP contribution in [0.3, 0.4) is 0 Å². The number of hydrogen-bond acceptors (Lipinski definition) is 2. The van der Waals surface area contributed by atoms with Gasteiger partial charge in [-0.1, -0.05) is 6.07 Å². The van der Waals surface area contributed by atoms with Gasteiger partial charge in [0.2, 0.25) is 0 Å². The highest BCUT2D eigenvalue weighted by Crippen LogP contribution is 2.17. The minimum Gasteiger partial charge on any atom is -0.320 e. The molecule has 3 heteroatoms. The molecular weight excluding hydrogens is 205 g/mol. The normalized spacial score (nSPS) is 11.9. The van der Waals surface area contributed by atoms with Gasteiger partial charge in [-0.25, -0.2) is 4.39 Å². The maximum atomic E-state index is 13.6. The van der Waals surface area contributed by atoms with Crippen molar-refractivity contribution in [2.75, 3.05) is 0 Å². The van der Waals surface area contributed by atoms with E-state index in [1.54, 1.807) is 19.9 Å². The van der Waals surface area contributed by atoms with Crippen molar-refractivity contribution in [3.05, 3.63) is 34.6 Å². The van der Waals surface area contributed by atoms with E-state index in [-0.39, 0.29) is 12.0 Å². The Labute approximate surface area is 94.7 Å². The van der Waals surface area contributed by atoms with Crippen molar-refractivity contribution in [2.24, 2.45) is 5.73 Å². The molecule has 0 aliphatic carbocycles. The molecule has 0 bridgehead atoms. The van der Waals surface area contributed by atoms with Crippen LogP contribution in [0.1, 0.15) is 27.9 Å². The van der Waals surface area contributed by atoms with E-state index in [4.69, 9.17) is 12.2 Å². The van der Waals surface area contributed by atoms with E-state index in [1.165, 1.54) is 6.07 Å². The molecule has 1 unspecified atom stereocenters. The zero-order chi connectivity index (χ0) is 12.3. The monoisotopic (exact) mass is 219 g/mol. The third-order valence-electron chi connectivity index (χ3n) is 2.35. The molecule has 0 heterocycles. The first-order valence-corrected chi connectivity index (χ1v) is 4.97. The molecule has 1 rings (SSSR count). The Morgan fingerprint density at radius 3 is 2.69 bits per heavy atom. The number of halogens is 1. The van der Waals surface area contributed by atoms with Crippen LogP contribution in [0.25, 0.3) is 0 Å². The summed E-state index contributed by atoms with van der Waals surface area (Å²) >= 11 is 0. The summed E-state index contributed by atoms with van der Waals surface area (Å²) in [5, 5.41) is 0. The predicted molar refractivity (Wildman–Crippen MR) is 61.6 cm³/mol. The molecule has 0 aliphatic rings. The van der Waals surface area contributed by atoms with Crippen molar-refractivity contribution in [3.8, 4) is 12.3 Å². The number of carbonyl (C=O) groups excluding carboxylic acids is 1. The average Bonchev–Trinajstić information content (AvgIpc) is 2.16. The van der Waals surface area contributed by atoms with E-state index in [1.807, 2.05) is 0 Å². The molecule has 0 saturated carbocycles. The minimum absolute atomic E-state index is 0.0494. The van der Waals surface area contributed by atoms with Crippen molar-refractivity contribution in [3.63, 3.8) is 0 Å². The lowest BCUT2D eigenvalue weighted by Crippen LogP contribution is -2.31. The van der Waals surface area contributed by atoms with Gasteiger partial charge in [0, 0.05) is 6.42 Å². The third-order valence-corrected chi connectivity index (χ3v) is 2.35. The molecule has 2 nitrogen and oxygen atoms in total. The molecule has 16 heavy (non-hydrogen) atoms. The van der Waals surface area contributed by atoms with Crippen LogP contribution < -0.4 is 5.73 Å². The van der Waals surface area contributed by atoms with Crippen LogP contribution >= 0.6 is 0 Å². The van der Waals surface area contributed by atoms with Gasteiger partial charge in [0.1, 0.15) is 5.82 Å². The number of benzene rings is 1. The van der Waals surface area contributed by atoms with Crippen molar-refractivity contribution in [2.45, 2.75) is 26.3 Å². The van der Waals surface area contributed by atoms with Gasteiger partial charge >= 0.3 is 0 Å². The molecular formula is C13H14FNO. The van der Waals surface area contributed by atoms with Crippen molar-refractivity contribution >= 4 is 5.78 Å². The van der Waals surface area contributed by atoms with Gasteiger partial charge in [-0.2, -0.15) is 0 Å². The summed E-state index contributed by atoms with van der Waals surface area (Å²) in [4.78, 5) is 11.8. The van der Waals surface area contributed by atoms with Crippen LogP contribution in [0.4, 0.5) is 4.39 Å². The fourth-order valence-electron chi connectivity index (χ4n) is 1.63. The second-order valence-corrected chi connectivity index (χ2v) is 3.82. The summed E-state index contributed by atoms with van der Waals surface area (Å²) in [5.74, 6) is 1.33. The lowest BCUT2D eigenvalue weighted by molar-refractivity contribution is 0.0958. The van der Waals surface area contributed by atoms with Gasteiger partial charge in [-0.3, -0.25) is 4.79 Å². The Morgan fingerprint density at radius 1 is 1.56 bits per heavy atom. The largest absolute Gasteiger partial charge is 0.320 e. The van der Waals surface area contributed by atoms with Gasteiger partial charge in [0.15, 0.2) is 5.78 Å². The van der Waals surface area contributed by atoms with Crippen LogP contribution in [0.15, 0.2) is 12.1 Å². The van der Waals surface area contributed by atoms with Gasteiger partial charge in [0.05, 0.1) is 11.6 Å². The van der Waals surface area contributed by atoms with Crippen LogP contribution in [0, 0.1) is 32.0 Å². The fourth-order valence-corrected chi connectivity index (χ4v) is 1.63. The van der Waals surface area contributed by atoms with E-state index in [2.05, 4.69) is 5.92 Å². The first-order valence-electron chi connectivity index (χ1n) is 4.97. The molecule has 0 aromatic heterocycles. The Bertz CT molecular complexity index is 436. The van der Waals surface area contributed by atoms with Crippen molar-refractivity contribution in [1.82, 2.24) is 0 Å². The van der Waals surface area contributed by atoms with E-state index in [0.29, 0.717) is 5.56 Å². The van der Waals surface area contributed by atoms with Crippen molar-refractivity contribution in [1.29, 1.82) is 0 Å². The fraction of sp³-hybridized carbons (Fsp3) is 0.308. The summed E-state index contributed by atoms with van der Waals surface area (Å²) in [6, 6.07) is 2.24. The van der Waals surface area contributed by atoms with Crippen LogP contribution in [0.5, 0.6) is 0 Å². The van der Waals surface area contributed by atoms with Crippen LogP contribution in [-0.4, -0.2) is 11.8 Å². The van der Waals surface area contributed by atoms with Gasteiger partial charge in [-0.15, -0.1) is 12.3 Å². The smallest absolute Gasteiger partial charge is 0.183 e. The van der Waals surface area contributed by atoms with Gasteiger partial charge < -0.3 is 5.73 Å². The van der Waals surface area contributed by atoms with Gasteiger partial charge in [0.25, 0.3) is 0 Å². The molecule has 1 aromatic rings. The highest BCUT2D eigenvalue weighted by Gasteiger charge is 2.20. The van der Waals surface area contributed by atoms with E-state index in [9.17, 15) is 9.18 Å². The number of terminal acetylenes is 1. The van der Waals surface area contributed by atoms with E-state index < -0.39 is 17.6 Å². The summed E-state index contributed by atoms with van der Waals surface area (Å²) in [5.41, 5.74) is 6.99. The molecule has 0 amide bonds. The molecule has 0 saturated heterocycles. The van der Waals surface area contributed by atoms with E-state index in [0.717, 1.165) is 5.56 Å². The molecule has 0 aliphatic heterocycles. The Morgan fingerprint density at radius 2 is 2.19 bits per heavy atom. The highest BCUT2D eigenvalue weighted by molar-refractivity contribution is 6.01. The topological polar surface area (TPSA) is 43.1 Å². The molecule has 1 aromatic carbocycles. The molecule has 0 radical (unpaired) electrons. The standard InChI is InChI=1S/C13H14FNO/c1-4-5-11(15)13(16)12-9(3)6-8(2)7-10(12)14/h1,6-7,11H,5,15H2,2-3H3.